The lowest BCUT2D eigenvalue weighted by atomic mass is 10.1. The SMILES string of the molecule is Cc1cc(C)c2c(-c3ccccc3)nc(NC(C)COP(C(C)C)C(C)C)n2n1. The van der Waals surface area contributed by atoms with Gasteiger partial charge in [-0.1, -0.05) is 58.0 Å². The molecular weight excluding hydrogens is 379 g/mol. The van der Waals surface area contributed by atoms with Gasteiger partial charge in [-0.15, -0.1) is 0 Å². The van der Waals surface area contributed by atoms with E-state index in [9.17, 15) is 0 Å². The first kappa shape index (κ1) is 21.7. The first-order valence-corrected chi connectivity index (χ1v) is 11.8. The fourth-order valence-electron chi connectivity index (χ4n) is 3.68. The maximum atomic E-state index is 6.29. The average molecular weight is 413 g/mol. The van der Waals surface area contributed by atoms with Crippen molar-refractivity contribution in [2.45, 2.75) is 65.8 Å². The first-order valence-electron chi connectivity index (χ1n) is 10.4. The normalized spacial score (nSPS) is 13.0. The molecule has 0 aliphatic rings. The number of anilines is 1. The number of imidazole rings is 1. The fourth-order valence-corrected chi connectivity index (χ4v) is 5.86. The number of fused-ring (bicyclic) bond motifs is 1. The molecule has 2 aromatic heterocycles. The third-order valence-electron chi connectivity index (χ3n) is 4.83. The van der Waals surface area contributed by atoms with Crippen LogP contribution in [-0.4, -0.2) is 38.6 Å². The highest BCUT2D eigenvalue weighted by molar-refractivity contribution is 7.54. The zero-order valence-electron chi connectivity index (χ0n) is 18.6. The number of nitrogens with one attached hydrogen (secondary N) is 1. The van der Waals surface area contributed by atoms with Gasteiger partial charge in [0, 0.05) is 19.8 Å². The molecule has 0 bridgehead atoms. The molecule has 3 rings (SSSR count). The van der Waals surface area contributed by atoms with E-state index in [1.54, 1.807) is 0 Å². The largest absolute Gasteiger partial charge is 0.357 e. The summed E-state index contributed by atoms with van der Waals surface area (Å²) in [7, 11) is -0.444. The maximum absolute atomic E-state index is 6.29. The minimum Gasteiger partial charge on any atom is -0.357 e. The molecule has 0 radical (unpaired) electrons. The third kappa shape index (κ3) is 4.96. The molecule has 0 aliphatic heterocycles. The zero-order chi connectivity index (χ0) is 21.1. The van der Waals surface area contributed by atoms with E-state index >= 15 is 0 Å². The van der Waals surface area contributed by atoms with Gasteiger partial charge in [0.1, 0.15) is 5.69 Å². The molecule has 1 unspecified atom stereocenters. The summed E-state index contributed by atoms with van der Waals surface area (Å²) in [6.45, 7) is 15.9. The Morgan fingerprint density at radius 1 is 1.03 bits per heavy atom. The molecule has 0 saturated heterocycles. The maximum Gasteiger partial charge on any atom is 0.225 e. The van der Waals surface area contributed by atoms with E-state index in [-0.39, 0.29) is 6.04 Å². The van der Waals surface area contributed by atoms with E-state index in [0.29, 0.717) is 17.9 Å². The molecule has 1 N–H and O–H groups in total. The van der Waals surface area contributed by atoms with Gasteiger partial charge in [0.05, 0.1) is 17.8 Å². The van der Waals surface area contributed by atoms with Crippen LogP contribution in [-0.2, 0) is 4.52 Å². The fraction of sp³-hybridized carbons (Fsp3) is 0.478. The molecule has 0 aliphatic carbocycles. The van der Waals surface area contributed by atoms with E-state index < -0.39 is 8.15 Å². The number of rotatable bonds is 8. The van der Waals surface area contributed by atoms with Crippen LogP contribution in [0.25, 0.3) is 16.8 Å². The smallest absolute Gasteiger partial charge is 0.225 e. The third-order valence-corrected chi connectivity index (χ3v) is 7.31. The van der Waals surface area contributed by atoms with Crippen molar-refractivity contribution in [2.75, 3.05) is 11.9 Å². The minimum atomic E-state index is -0.444. The van der Waals surface area contributed by atoms with Crippen molar-refractivity contribution in [2.24, 2.45) is 0 Å². The van der Waals surface area contributed by atoms with Gasteiger partial charge >= 0.3 is 0 Å². The summed E-state index contributed by atoms with van der Waals surface area (Å²) in [6.07, 6.45) is 0. The van der Waals surface area contributed by atoms with Crippen molar-refractivity contribution in [1.82, 2.24) is 14.6 Å². The summed E-state index contributed by atoms with van der Waals surface area (Å²) in [5.41, 5.74) is 6.36. The Balaban J connectivity index is 1.89. The molecule has 156 valence electrons. The van der Waals surface area contributed by atoms with Crippen LogP contribution in [0, 0.1) is 13.8 Å². The van der Waals surface area contributed by atoms with Crippen molar-refractivity contribution >= 4 is 19.6 Å². The number of aromatic nitrogens is 3. The van der Waals surface area contributed by atoms with Gasteiger partial charge in [-0.25, -0.2) is 4.98 Å². The molecule has 1 atom stereocenters. The second-order valence-corrected chi connectivity index (χ2v) is 11.3. The predicted octanol–water partition coefficient (Wildman–Crippen LogP) is 6.04. The molecule has 3 aromatic rings. The highest BCUT2D eigenvalue weighted by atomic mass is 31.1. The van der Waals surface area contributed by atoms with E-state index in [0.717, 1.165) is 28.4 Å². The summed E-state index contributed by atoms with van der Waals surface area (Å²) in [5, 5.41) is 8.28. The molecule has 0 saturated carbocycles. The van der Waals surface area contributed by atoms with Crippen molar-refractivity contribution in [3.8, 4) is 11.3 Å². The lowest BCUT2D eigenvalue weighted by molar-refractivity contribution is 0.328. The summed E-state index contributed by atoms with van der Waals surface area (Å²) < 4.78 is 8.24. The Hall–Kier alpha value is -1.97. The molecule has 29 heavy (non-hydrogen) atoms. The number of hydrogen-bond acceptors (Lipinski definition) is 4. The van der Waals surface area contributed by atoms with Crippen molar-refractivity contribution in [1.29, 1.82) is 0 Å². The molecule has 5 nitrogen and oxygen atoms in total. The van der Waals surface area contributed by atoms with E-state index in [4.69, 9.17) is 14.6 Å². The lowest BCUT2D eigenvalue weighted by Crippen LogP contribution is -2.24. The molecule has 0 amide bonds. The van der Waals surface area contributed by atoms with Gasteiger partial charge in [0.15, 0.2) is 0 Å². The number of benzene rings is 1. The highest BCUT2D eigenvalue weighted by Crippen LogP contribution is 2.47. The van der Waals surface area contributed by atoms with Crippen LogP contribution in [0.3, 0.4) is 0 Å². The van der Waals surface area contributed by atoms with Crippen LogP contribution in [0.5, 0.6) is 0 Å². The van der Waals surface area contributed by atoms with Crippen LogP contribution in [0.1, 0.15) is 45.9 Å². The molecule has 6 heteroatoms. The van der Waals surface area contributed by atoms with Gasteiger partial charge in [-0.3, -0.25) is 0 Å². The monoisotopic (exact) mass is 412 g/mol. The number of hydrogen-bond donors (Lipinski definition) is 1. The Labute approximate surface area is 175 Å². The van der Waals surface area contributed by atoms with Crippen LogP contribution in [0.4, 0.5) is 5.95 Å². The molecule has 1 aromatic carbocycles. The van der Waals surface area contributed by atoms with Gasteiger partial charge in [-0.2, -0.15) is 9.61 Å². The van der Waals surface area contributed by atoms with Gasteiger partial charge < -0.3 is 9.84 Å². The summed E-state index contributed by atoms with van der Waals surface area (Å²) >= 11 is 0. The molecule has 0 spiro atoms. The van der Waals surface area contributed by atoms with E-state index in [2.05, 4.69) is 65.1 Å². The van der Waals surface area contributed by atoms with Gasteiger partial charge in [0.2, 0.25) is 5.95 Å². The summed E-state index contributed by atoms with van der Waals surface area (Å²) in [6, 6.07) is 12.5. The minimum absolute atomic E-state index is 0.134. The Bertz CT molecular complexity index is 944. The summed E-state index contributed by atoms with van der Waals surface area (Å²) in [5.74, 6) is 0.764. The van der Waals surface area contributed by atoms with Crippen LogP contribution in [0.2, 0.25) is 0 Å². The molecule has 0 fully saturated rings. The number of nitrogens with zero attached hydrogens (tertiary/aromatic N) is 3. The van der Waals surface area contributed by atoms with Crippen molar-refractivity contribution in [3.05, 3.63) is 47.7 Å². The molecule has 2 heterocycles. The average Bonchev–Trinajstić information content (AvgIpc) is 3.00. The standard InChI is InChI=1S/C23H33N4OP/c1-15(2)29(16(3)4)28-14-19(7)24-23-25-21(20-11-9-8-10-12-20)22-17(5)13-18(6)26-27(22)23/h8-13,15-16,19H,14H2,1-7H3,(H,24,25). The van der Waals surface area contributed by atoms with Gasteiger partial charge in [0.25, 0.3) is 0 Å². The van der Waals surface area contributed by atoms with E-state index in [1.807, 2.05) is 29.6 Å². The second-order valence-electron chi connectivity index (χ2n) is 8.27. The Morgan fingerprint density at radius 3 is 2.31 bits per heavy atom. The van der Waals surface area contributed by atoms with Crippen molar-refractivity contribution in [3.63, 3.8) is 0 Å². The zero-order valence-corrected chi connectivity index (χ0v) is 19.5. The van der Waals surface area contributed by atoms with Crippen LogP contribution < -0.4 is 5.32 Å². The lowest BCUT2D eigenvalue weighted by Gasteiger charge is -2.26. The highest BCUT2D eigenvalue weighted by Gasteiger charge is 2.21. The predicted molar refractivity (Wildman–Crippen MR) is 124 cm³/mol. The molecular formula is C23H33N4OP. The van der Waals surface area contributed by atoms with Crippen molar-refractivity contribution < 1.29 is 4.52 Å². The topological polar surface area (TPSA) is 51.5 Å². The van der Waals surface area contributed by atoms with Crippen LogP contribution in [0.15, 0.2) is 36.4 Å². The van der Waals surface area contributed by atoms with E-state index in [1.165, 1.54) is 5.56 Å². The quantitative estimate of drug-likeness (QED) is 0.458. The Kier molecular flexibility index (Phi) is 6.92. The summed E-state index contributed by atoms with van der Waals surface area (Å²) in [4.78, 5) is 4.94. The van der Waals surface area contributed by atoms with Gasteiger partial charge in [-0.05, 0) is 43.7 Å². The second kappa shape index (κ2) is 9.23. The van der Waals surface area contributed by atoms with Crippen LogP contribution >= 0.6 is 8.15 Å². The first-order chi connectivity index (χ1) is 13.8. The number of aryl methyl sites for hydroxylation is 2. The Morgan fingerprint density at radius 2 is 1.69 bits per heavy atom.